The van der Waals surface area contributed by atoms with Crippen LogP contribution in [-0.2, 0) is 25.6 Å². The Kier molecular flexibility index (Phi) is 8.66. The molecule has 1 aromatic rings. The zero-order valence-electron chi connectivity index (χ0n) is 20.0. The normalized spacial score (nSPS) is 22.0. The Hall–Kier alpha value is -2.94. The molecule has 0 bridgehead atoms. The second-order valence-corrected chi connectivity index (χ2v) is 9.70. The summed E-state index contributed by atoms with van der Waals surface area (Å²) in [6.45, 7) is 4.69. The number of carboxylic acids is 1. The highest BCUT2D eigenvalue weighted by atomic mass is 16.4. The van der Waals surface area contributed by atoms with Crippen LogP contribution >= 0.6 is 0 Å². The molecule has 0 radical (unpaired) electrons. The van der Waals surface area contributed by atoms with E-state index in [0.717, 1.165) is 5.56 Å². The molecule has 9 nitrogen and oxygen atoms in total. The number of carboxylic acid groups (broad SMARTS) is 1. The van der Waals surface area contributed by atoms with Gasteiger partial charge in [0, 0.05) is 13.1 Å². The van der Waals surface area contributed by atoms with E-state index in [1.807, 2.05) is 44.2 Å². The van der Waals surface area contributed by atoms with Crippen LogP contribution < -0.4 is 11.1 Å². The summed E-state index contributed by atoms with van der Waals surface area (Å²) in [5.41, 5.74) is 7.14. The molecule has 9 heteroatoms. The minimum absolute atomic E-state index is 0.112. The molecule has 2 aliphatic heterocycles. The summed E-state index contributed by atoms with van der Waals surface area (Å²) >= 11 is 0. The van der Waals surface area contributed by atoms with Gasteiger partial charge in [-0.1, -0.05) is 44.2 Å². The number of rotatable bonds is 9. The Morgan fingerprint density at radius 1 is 1.00 bits per heavy atom. The predicted molar refractivity (Wildman–Crippen MR) is 127 cm³/mol. The molecular weight excluding hydrogens is 436 g/mol. The SMILES string of the molecule is CC(C)CC(NC(=O)C1CCCN1C(=O)C(N)Cc1ccccc1)C(=O)N1CCCC1C(=O)O. The molecule has 3 rings (SSSR count). The Bertz CT molecular complexity index is 891. The molecule has 1 aromatic carbocycles. The van der Waals surface area contributed by atoms with Gasteiger partial charge in [-0.25, -0.2) is 4.79 Å². The summed E-state index contributed by atoms with van der Waals surface area (Å²) in [4.78, 5) is 54.0. The third-order valence-corrected chi connectivity index (χ3v) is 6.60. The number of nitrogens with one attached hydrogen (secondary N) is 1. The van der Waals surface area contributed by atoms with Crippen molar-refractivity contribution in [3.8, 4) is 0 Å². The van der Waals surface area contributed by atoms with Gasteiger partial charge in [-0.15, -0.1) is 0 Å². The lowest BCUT2D eigenvalue weighted by Crippen LogP contribution is -2.57. The number of hydrogen-bond donors (Lipinski definition) is 3. The number of benzene rings is 1. The molecule has 186 valence electrons. The van der Waals surface area contributed by atoms with Crippen molar-refractivity contribution >= 4 is 23.7 Å². The lowest BCUT2D eigenvalue weighted by molar-refractivity contribution is -0.150. The Morgan fingerprint density at radius 3 is 2.18 bits per heavy atom. The molecule has 0 aromatic heterocycles. The van der Waals surface area contributed by atoms with Gasteiger partial charge in [-0.2, -0.15) is 0 Å². The molecular formula is C25H36N4O5. The van der Waals surface area contributed by atoms with Crippen LogP contribution in [0.1, 0.15) is 51.5 Å². The molecule has 4 unspecified atom stereocenters. The number of nitrogens with zero attached hydrogens (tertiary/aromatic N) is 2. The molecule has 2 aliphatic rings. The van der Waals surface area contributed by atoms with Crippen LogP contribution in [0.2, 0.25) is 0 Å². The fourth-order valence-electron chi connectivity index (χ4n) is 4.92. The van der Waals surface area contributed by atoms with Crippen LogP contribution in [0.25, 0.3) is 0 Å². The van der Waals surface area contributed by atoms with Gasteiger partial charge < -0.3 is 26.0 Å². The largest absolute Gasteiger partial charge is 0.480 e. The van der Waals surface area contributed by atoms with Crippen molar-refractivity contribution in [2.45, 2.75) is 76.5 Å². The molecule has 2 saturated heterocycles. The molecule has 0 spiro atoms. The third-order valence-electron chi connectivity index (χ3n) is 6.60. The maximum Gasteiger partial charge on any atom is 0.326 e. The van der Waals surface area contributed by atoms with E-state index < -0.39 is 30.1 Å². The fourth-order valence-corrected chi connectivity index (χ4v) is 4.92. The lowest BCUT2D eigenvalue weighted by Gasteiger charge is -2.31. The smallest absolute Gasteiger partial charge is 0.326 e. The van der Waals surface area contributed by atoms with Crippen molar-refractivity contribution < 1.29 is 24.3 Å². The van der Waals surface area contributed by atoms with Gasteiger partial charge in [-0.3, -0.25) is 14.4 Å². The van der Waals surface area contributed by atoms with Crippen LogP contribution in [0, 0.1) is 5.92 Å². The van der Waals surface area contributed by atoms with E-state index in [-0.39, 0.29) is 23.6 Å². The second kappa shape index (κ2) is 11.5. The molecule has 4 N–H and O–H groups in total. The van der Waals surface area contributed by atoms with E-state index in [1.54, 1.807) is 0 Å². The first-order chi connectivity index (χ1) is 16.2. The summed E-state index contributed by atoms with van der Waals surface area (Å²) in [7, 11) is 0. The van der Waals surface area contributed by atoms with Gasteiger partial charge in [0.25, 0.3) is 0 Å². The minimum atomic E-state index is -1.03. The Labute approximate surface area is 200 Å². The van der Waals surface area contributed by atoms with Crippen molar-refractivity contribution in [2.24, 2.45) is 11.7 Å². The predicted octanol–water partition coefficient (Wildman–Crippen LogP) is 1.15. The number of carbonyl (C=O) groups is 4. The summed E-state index contributed by atoms with van der Waals surface area (Å²) in [5, 5.41) is 12.3. The average Bonchev–Trinajstić information content (AvgIpc) is 3.48. The Balaban J connectivity index is 1.68. The van der Waals surface area contributed by atoms with E-state index in [4.69, 9.17) is 5.73 Å². The van der Waals surface area contributed by atoms with E-state index in [1.165, 1.54) is 9.80 Å². The Morgan fingerprint density at radius 2 is 1.59 bits per heavy atom. The summed E-state index contributed by atoms with van der Waals surface area (Å²) in [6.07, 6.45) is 2.98. The molecule has 2 heterocycles. The lowest BCUT2D eigenvalue weighted by atomic mass is 10.0. The van der Waals surface area contributed by atoms with Crippen molar-refractivity contribution in [3.05, 3.63) is 35.9 Å². The number of likely N-dealkylation sites (tertiary alicyclic amines) is 2. The second-order valence-electron chi connectivity index (χ2n) is 9.70. The average molecular weight is 473 g/mol. The maximum atomic E-state index is 13.2. The molecule has 0 saturated carbocycles. The molecule has 4 atom stereocenters. The van der Waals surface area contributed by atoms with E-state index in [2.05, 4.69) is 5.32 Å². The standard InChI is InChI=1S/C25H36N4O5/c1-16(2)14-19(24(32)29-13-7-11-21(29)25(33)34)27-22(30)20-10-6-12-28(20)23(31)18(26)15-17-8-4-3-5-9-17/h3-5,8-9,16,18-21H,6-7,10-15,26H2,1-2H3,(H,27,30)(H,33,34). The van der Waals surface area contributed by atoms with Crippen LogP contribution in [0.4, 0.5) is 0 Å². The molecule has 0 aliphatic carbocycles. The van der Waals surface area contributed by atoms with Crippen molar-refractivity contribution in [1.82, 2.24) is 15.1 Å². The molecule has 3 amide bonds. The number of aliphatic carboxylic acids is 1. The van der Waals surface area contributed by atoms with E-state index in [9.17, 15) is 24.3 Å². The minimum Gasteiger partial charge on any atom is -0.480 e. The molecule has 2 fully saturated rings. The highest BCUT2D eigenvalue weighted by Crippen LogP contribution is 2.22. The van der Waals surface area contributed by atoms with E-state index >= 15 is 0 Å². The van der Waals surface area contributed by atoms with Crippen LogP contribution in [0.15, 0.2) is 30.3 Å². The van der Waals surface area contributed by atoms with Gasteiger partial charge in [-0.05, 0) is 50.0 Å². The zero-order valence-corrected chi connectivity index (χ0v) is 20.0. The van der Waals surface area contributed by atoms with Crippen LogP contribution in [0.3, 0.4) is 0 Å². The summed E-state index contributed by atoms with van der Waals surface area (Å²) in [6, 6.07) is 6.35. The number of amides is 3. The van der Waals surface area contributed by atoms with Gasteiger partial charge >= 0.3 is 5.97 Å². The van der Waals surface area contributed by atoms with Crippen molar-refractivity contribution in [3.63, 3.8) is 0 Å². The van der Waals surface area contributed by atoms with Gasteiger partial charge in [0.2, 0.25) is 17.7 Å². The topological polar surface area (TPSA) is 133 Å². The molecule has 34 heavy (non-hydrogen) atoms. The number of nitrogens with two attached hydrogens (primary N) is 1. The van der Waals surface area contributed by atoms with Crippen molar-refractivity contribution in [2.75, 3.05) is 13.1 Å². The van der Waals surface area contributed by atoms with Crippen molar-refractivity contribution in [1.29, 1.82) is 0 Å². The van der Waals surface area contributed by atoms with Gasteiger partial charge in [0.15, 0.2) is 0 Å². The third kappa shape index (κ3) is 6.14. The fraction of sp³-hybridized carbons (Fsp3) is 0.600. The van der Waals surface area contributed by atoms with E-state index in [0.29, 0.717) is 51.6 Å². The highest BCUT2D eigenvalue weighted by Gasteiger charge is 2.41. The first kappa shape index (κ1) is 25.7. The number of carbonyl (C=O) groups excluding carboxylic acids is 3. The summed E-state index contributed by atoms with van der Waals surface area (Å²) < 4.78 is 0. The first-order valence-corrected chi connectivity index (χ1v) is 12.1. The van der Waals surface area contributed by atoms with Crippen LogP contribution in [0.5, 0.6) is 0 Å². The maximum absolute atomic E-state index is 13.2. The monoisotopic (exact) mass is 472 g/mol. The quantitative estimate of drug-likeness (QED) is 0.494. The zero-order chi connectivity index (χ0) is 24.8. The number of hydrogen-bond acceptors (Lipinski definition) is 5. The van der Waals surface area contributed by atoms with Gasteiger partial charge in [0.1, 0.15) is 18.1 Å². The highest BCUT2D eigenvalue weighted by molar-refractivity contribution is 5.94. The van der Waals surface area contributed by atoms with Crippen LogP contribution in [-0.4, -0.2) is 75.9 Å². The summed E-state index contributed by atoms with van der Waals surface area (Å²) in [5.74, 6) is -1.95. The first-order valence-electron chi connectivity index (χ1n) is 12.1. The van der Waals surface area contributed by atoms with Gasteiger partial charge in [0.05, 0.1) is 6.04 Å².